The van der Waals surface area contributed by atoms with E-state index in [2.05, 4.69) is 0 Å². The summed E-state index contributed by atoms with van der Waals surface area (Å²) in [6, 6.07) is 5.50. The van der Waals surface area contributed by atoms with E-state index in [0.717, 1.165) is 6.07 Å². The molecule has 0 radical (unpaired) electrons. The van der Waals surface area contributed by atoms with Crippen molar-refractivity contribution in [2.24, 2.45) is 0 Å². The molecule has 0 heterocycles. The number of benzene rings is 1. The Bertz CT molecular complexity index is 251. The van der Waals surface area contributed by atoms with Gasteiger partial charge in [0, 0.05) is 0 Å². The molecule has 0 N–H and O–H groups in total. The number of alkyl halides is 3. The number of halogens is 3. The van der Waals surface area contributed by atoms with Gasteiger partial charge in [-0.05, 0) is 18.6 Å². The second-order valence-corrected chi connectivity index (χ2v) is 2.31. The third-order valence-electron chi connectivity index (χ3n) is 1.45. The molecule has 0 aromatic heterocycles. The highest BCUT2D eigenvalue weighted by Crippen LogP contribution is 2.31. The van der Waals surface area contributed by atoms with E-state index < -0.39 is 11.7 Å². The van der Waals surface area contributed by atoms with E-state index in [1.54, 1.807) is 6.07 Å². The normalized spacial score (nSPS) is 10.3. The molecular formula is C10H13F3. The minimum atomic E-state index is -4.22. The molecule has 74 valence electrons. The average molecular weight is 190 g/mol. The summed E-state index contributed by atoms with van der Waals surface area (Å²) in [6.07, 6.45) is -4.22. The third-order valence-corrected chi connectivity index (χ3v) is 1.45. The van der Waals surface area contributed by atoms with E-state index in [1.165, 1.54) is 19.1 Å². The predicted octanol–water partition coefficient (Wildman–Crippen LogP) is 4.04. The van der Waals surface area contributed by atoms with Crippen molar-refractivity contribution in [3.05, 3.63) is 35.4 Å². The van der Waals surface area contributed by atoms with Crippen LogP contribution in [-0.4, -0.2) is 0 Å². The van der Waals surface area contributed by atoms with Crippen molar-refractivity contribution in [3.63, 3.8) is 0 Å². The van der Waals surface area contributed by atoms with Crippen LogP contribution < -0.4 is 0 Å². The van der Waals surface area contributed by atoms with Crippen LogP contribution in [0.3, 0.4) is 0 Å². The monoisotopic (exact) mass is 190 g/mol. The van der Waals surface area contributed by atoms with Crippen molar-refractivity contribution in [2.45, 2.75) is 26.9 Å². The lowest BCUT2D eigenvalue weighted by Crippen LogP contribution is -2.06. The maximum absolute atomic E-state index is 12.0. The van der Waals surface area contributed by atoms with E-state index >= 15 is 0 Å². The lowest BCUT2D eigenvalue weighted by molar-refractivity contribution is -0.138. The van der Waals surface area contributed by atoms with Crippen LogP contribution in [0.1, 0.15) is 25.0 Å². The van der Waals surface area contributed by atoms with Gasteiger partial charge in [0.25, 0.3) is 0 Å². The summed E-state index contributed by atoms with van der Waals surface area (Å²) < 4.78 is 36.1. The molecule has 0 atom stereocenters. The lowest BCUT2D eigenvalue weighted by atomic mass is 10.1. The Labute approximate surface area is 76.4 Å². The van der Waals surface area contributed by atoms with Crippen molar-refractivity contribution in [2.75, 3.05) is 0 Å². The van der Waals surface area contributed by atoms with Gasteiger partial charge in [-0.25, -0.2) is 0 Å². The van der Waals surface area contributed by atoms with E-state index in [9.17, 15) is 13.2 Å². The fourth-order valence-corrected chi connectivity index (χ4v) is 0.891. The van der Waals surface area contributed by atoms with Crippen LogP contribution >= 0.6 is 0 Å². The Hall–Kier alpha value is -0.990. The summed E-state index contributed by atoms with van der Waals surface area (Å²) in [6.45, 7) is 5.45. The first-order chi connectivity index (χ1) is 6.02. The highest BCUT2D eigenvalue weighted by atomic mass is 19.4. The van der Waals surface area contributed by atoms with Crippen LogP contribution in [0.2, 0.25) is 0 Å². The van der Waals surface area contributed by atoms with Gasteiger partial charge in [-0.3, -0.25) is 0 Å². The minimum Gasteiger partial charge on any atom is -0.166 e. The first-order valence-corrected chi connectivity index (χ1v) is 4.14. The number of hydrogen-bond donors (Lipinski definition) is 0. The smallest absolute Gasteiger partial charge is 0.166 e. The highest BCUT2D eigenvalue weighted by molar-refractivity contribution is 5.27. The van der Waals surface area contributed by atoms with Crippen LogP contribution in [-0.2, 0) is 6.18 Å². The Balaban J connectivity index is 0.000000671. The highest BCUT2D eigenvalue weighted by Gasteiger charge is 2.31. The van der Waals surface area contributed by atoms with E-state index in [0.29, 0.717) is 0 Å². The second-order valence-electron chi connectivity index (χ2n) is 2.31. The van der Waals surface area contributed by atoms with Gasteiger partial charge in [-0.15, -0.1) is 0 Å². The molecule has 0 spiro atoms. The maximum atomic E-state index is 12.0. The van der Waals surface area contributed by atoms with Gasteiger partial charge in [0.2, 0.25) is 0 Å². The van der Waals surface area contributed by atoms with Gasteiger partial charge in [0.15, 0.2) is 0 Å². The topological polar surface area (TPSA) is 0 Å². The lowest BCUT2D eigenvalue weighted by Gasteiger charge is -2.08. The van der Waals surface area contributed by atoms with Crippen molar-refractivity contribution in [1.29, 1.82) is 0 Å². The molecule has 0 aliphatic carbocycles. The molecule has 0 saturated heterocycles. The van der Waals surface area contributed by atoms with Gasteiger partial charge in [-0.2, -0.15) is 13.2 Å². The standard InChI is InChI=1S/C8H7F3.C2H6/c1-6-4-2-3-5-7(6)8(9,10)11;1-2/h2-5H,1H3;1-2H3. The first kappa shape index (κ1) is 12.0. The molecule has 0 saturated carbocycles. The summed E-state index contributed by atoms with van der Waals surface area (Å²) in [5.74, 6) is 0. The van der Waals surface area contributed by atoms with Gasteiger partial charge < -0.3 is 0 Å². The zero-order valence-corrected chi connectivity index (χ0v) is 7.94. The van der Waals surface area contributed by atoms with E-state index in [-0.39, 0.29) is 5.56 Å². The molecular weight excluding hydrogens is 177 g/mol. The minimum absolute atomic E-state index is 0.264. The quantitative estimate of drug-likeness (QED) is 0.579. The maximum Gasteiger partial charge on any atom is 0.416 e. The van der Waals surface area contributed by atoms with Gasteiger partial charge in [0.1, 0.15) is 0 Å². The Morgan fingerprint density at radius 3 is 1.77 bits per heavy atom. The summed E-state index contributed by atoms with van der Waals surface area (Å²) in [4.78, 5) is 0. The molecule has 1 rings (SSSR count). The average Bonchev–Trinajstić information content (AvgIpc) is 2.07. The second kappa shape index (κ2) is 4.90. The van der Waals surface area contributed by atoms with Gasteiger partial charge in [0.05, 0.1) is 5.56 Å². The molecule has 0 nitrogen and oxygen atoms in total. The third kappa shape index (κ3) is 3.49. The SMILES string of the molecule is CC.Cc1ccccc1C(F)(F)F. The van der Waals surface area contributed by atoms with Crippen LogP contribution in [0, 0.1) is 6.92 Å². The van der Waals surface area contributed by atoms with E-state index in [1.807, 2.05) is 13.8 Å². The number of hydrogen-bond acceptors (Lipinski definition) is 0. The largest absolute Gasteiger partial charge is 0.416 e. The Morgan fingerprint density at radius 1 is 1.00 bits per heavy atom. The predicted molar refractivity (Wildman–Crippen MR) is 47.5 cm³/mol. The van der Waals surface area contributed by atoms with Crippen LogP contribution in [0.5, 0.6) is 0 Å². The molecule has 1 aromatic carbocycles. The van der Waals surface area contributed by atoms with Crippen LogP contribution in [0.15, 0.2) is 24.3 Å². The van der Waals surface area contributed by atoms with E-state index in [4.69, 9.17) is 0 Å². The fourth-order valence-electron chi connectivity index (χ4n) is 0.891. The summed E-state index contributed by atoms with van der Waals surface area (Å²) >= 11 is 0. The summed E-state index contributed by atoms with van der Waals surface area (Å²) in [5, 5.41) is 0. The van der Waals surface area contributed by atoms with Crippen molar-refractivity contribution < 1.29 is 13.2 Å². The van der Waals surface area contributed by atoms with Crippen molar-refractivity contribution in [3.8, 4) is 0 Å². The zero-order chi connectivity index (χ0) is 10.5. The summed E-state index contributed by atoms with van der Waals surface area (Å²) in [7, 11) is 0. The number of rotatable bonds is 0. The zero-order valence-electron chi connectivity index (χ0n) is 7.94. The molecule has 0 aliphatic heterocycles. The molecule has 3 heteroatoms. The number of aryl methyl sites for hydroxylation is 1. The Morgan fingerprint density at radius 2 is 1.46 bits per heavy atom. The van der Waals surface area contributed by atoms with Crippen molar-refractivity contribution in [1.82, 2.24) is 0 Å². The van der Waals surface area contributed by atoms with Gasteiger partial charge in [-0.1, -0.05) is 32.0 Å². The summed E-state index contributed by atoms with van der Waals surface area (Å²) in [5.41, 5.74) is -0.292. The first-order valence-electron chi connectivity index (χ1n) is 4.14. The van der Waals surface area contributed by atoms with Crippen molar-refractivity contribution >= 4 is 0 Å². The van der Waals surface area contributed by atoms with Crippen LogP contribution in [0.25, 0.3) is 0 Å². The van der Waals surface area contributed by atoms with Gasteiger partial charge >= 0.3 is 6.18 Å². The molecule has 0 aliphatic rings. The molecule has 13 heavy (non-hydrogen) atoms. The molecule has 0 unspecified atom stereocenters. The fraction of sp³-hybridized carbons (Fsp3) is 0.400. The molecule has 0 amide bonds. The molecule has 0 fully saturated rings. The molecule has 1 aromatic rings. The Kier molecular flexibility index (Phi) is 4.52. The van der Waals surface area contributed by atoms with Crippen LogP contribution in [0.4, 0.5) is 13.2 Å². The molecule has 0 bridgehead atoms.